The third kappa shape index (κ3) is 3.33. The zero-order valence-electron chi connectivity index (χ0n) is 13.5. The number of nitrogens with one attached hydrogen (secondary N) is 1. The minimum Gasteiger partial charge on any atom is -0.348 e. The summed E-state index contributed by atoms with van der Waals surface area (Å²) in [5.41, 5.74) is 1.94. The van der Waals surface area contributed by atoms with Crippen molar-refractivity contribution in [1.29, 1.82) is 0 Å². The largest absolute Gasteiger partial charge is 0.348 e. The van der Waals surface area contributed by atoms with E-state index in [1.54, 1.807) is 6.20 Å². The summed E-state index contributed by atoms with van der Waals surface area (Å²) in [4.78, 5) is 25.5. The molecule has 25 heavy (non-hydrogen) atoms. The first-order valence-electron chi connectivity index (χ1n) is 8.30. The van der Waals surface area contributed by atoms with E-state index >= 15 is 0 Å². The molecule has 0 bridgehead atoms. The van der Waals surface area contributed by atoms with Crippen LogP contribution in [-0.2, 0) is 6.54 Å². The summed E-state index contributed by atoms with van der Waals surface area (Å²) in [6.45, 7) is 0.410. The van der Waals surface area contributed by atoms with Crippen LogP contribution in [0.25, 0.3) is 10.9 Å². The van der Waals surface area contributed by atoms with Gasteiger partial charge in [0.25, 0.3) is 5.91 Å². The van der Waals surface area contributed by atoms with Gasteiger partial charge in [0.15, 0.2) is 0 Å². The fourth-order valence-corrected chi connectivity index (χ4v) is 3.51. The predicted molar refractivity (Wildman–Crippen MR) is 107 cm³/mol. The molecular weight excluding hydrogens is 427 g/mol. The van der Waals surface area contributed by atoms with Gasteiger partial charge < -0.3 is 9.88 Å². The highest BCUT2D eigenvalue weighted by molar-refractivity contribution is 14.1. The van der Waals surface area contributed by atoms with E-state index in [2.05, 4.69) is 32.5 Å². The molecule has 1 aliphatic rings. The Morgan fingerprint density at radius 1 is 1.16 bits per heavy atom. The summed E-state index contributed by atoms with van der Waals surface area (Å²) >= 11 is 2.19. The van der Waals surface area contributed by atoms with Gasteiger partial charge in [-0.15, -0.1) is 0 Å². The minimum atomic E-state index is -0.316. The van der Waals surface area contributed by atoms with Crippen molar-refractivity contribution in [3.8, 4) is 0 Å². The topological polar surface area (TPSA) is 51.1 Å². The molecule has 1 amide bonds. The van der Waals surface area contributed by atoms with E-state index in [1.165, 1.54) is 0 Å². The normalized spacial score (nSPS) is 13.8. The van der Waals surface area contributed by atoms with Gasteiger partial charge in [-0.05, 0) is 59.2 Å². The third-order valence-electron chi connectivity index (χ3n) is 4.47. The molecule has 0 spiro atoms. The zero-order valence-corrected chi connectivity index (χ0v) is 15.7. The Balaban J connectivity index is 1.72. The maximum atomic E-state index is 12.9. The van der Waals surface area contributed by atoms with E-state index in [0.29, 0.717) is 18.0 Å². The summed E-state index contributed by atoms with van der Waals surface area (Å²) in [6, 6.07) is 15.9. The van der Waals surface area contributed by atoms with Gasteiger partial charge in [-0.3, -0.25) is 9.59 Å². The number of amides is 1. The lowest BCUT2D eigenvalue weighted by Gasteiger charge is -2.13. The molecule has 1 N–H and O–H groups in total. The fraction of sp³-hybridized carbons (Fsp3) is 0.200. The van der Waals surface area contributed by atoms with Gasteiger partial charge in [0, 0.05) is 27.7 Å². The molecule has 1 fully saturated rings. The average molecular weight is 444 g/mol. The smallest absolute Gasteiger partial charge is 0.257 e. The predicted octanol–water partition coefficient (Wildman–Crippen LogP) is 3.87. The van der Waals surface area contributed by atoms with Crippen LogP contribution in [0.1, 0.15) is 34.8 Å². The maximum absolute atomic E-state index is 12.9. The standard InChI is InChI=1S/C20H17IN2O2/c21-14-6-9-18-16(10-14)19(24)17(12-23(18)15-7-8-15)20(25)22-11-13-4-2-1-3-5-13/h1-6,9-10,12,15H,7-8,11H2,(H,22,25). The van der Waals surface area contributed by atoms with Gasteiger partial charge in [0.2, 0.25) is 5.43 Å². The number of aromatic nitrogens is 1. The summed E-state index contributed by atoms with van der Waals surface area (Å²) in [6.07, 6.45) is 3.92. The third-order valence-corrected chi connectivity index (χ3v) is 5.15. The van der Waals surface area contributed by atoms with Gasteiger partial charge in [-0.2, -0.15) is 0 Å². The molecule has 4 rings (SSSR count). The fourth-order valence-electron chi connectivity index (χ4n) is 3.02. The number of fused-ring (bicyclic) bond motifs is 1. The monoisotopic (exact) mass is 444 g/mol. The maximum Gasteiger partial charge on any atom is 0.257 e. The lowest BCUT2D eigenvalue weighted by molar-refractivity contribution is 0.0949. The lowest BCUT2D eigenvalue weighted by Crippen LogP contribution is -2.29. The van der Waals surface area contributed by atoms with Crippen molar-refractivity contribution in [2.45, 2.75) is 25.4 Å². The first-order chi connectivity index (χ1) is 12.1. The van der Waals surface area contributed by atoms with Crippen molar-refractivity contribution in [1.82, 2.24) is 9.88 Å². The molecule has 0 radical (unpaired) electrons. The second kappa shape index (κ2) is 6.63. The van der Waals surface area contributed by atoms with Crippen LogP contribution in [0.5, 0.6) is 0 Å². The Labute approximate surface area is 159 Å². The molecule has 0 saturated heterocycles. The van der Waals surface area contributed by atoms with Crippen LogP contribution in [-0.4, -0.2) is 10.5 Å². The first kappa shape index (κ1) is 16.3. The highest BCUT2D eigenvalue weighted by atomic mass is 127. The van der Waals surface area contributed by atoms with Crippen LogP contribution in [0.2, 0.25) is 0 Å². The van der Waals surface area contributed by atoms with Crippen LogP contribution >= 0.6 is 22.6 Å². The van der Waals surface area contributed by atoms with E-state index in [0.717, 1.165) is 27.5 Å². The van der Waals surface area contributed by atoms with E-state index < -0.39 is 0 Å². The highest BCUT2D eigenvalue weighted by Gasteiger charge is 2.26. The molecule has 0 atom stereocenters. The van der Waals surface area contributed by atoms with Crippen molar-refractivity contribution in [2.75, 3.05) is 0 Å². The number of halogens is 1. The number of benzene rings is 2. The van der Waals surface area contributed by atoms with Crippen LogP contribution in [0.3, 0.4) is 0 Å². The molecular formula is C20H17IN2O2. The Morgan fingerprint density at radius 3 is 2.64 bits per heavy atom. The molecule has 126 valence electrons. The van der Waals surface area contributed by atoms with Crippen LogP contribution in [0, 0.1) is 3.57 Å². The summed E-state index contributed by atoms with van der Waals surface area (Å²) in [5, 5.41) is 3.48. The summed E-state index contributed by atoms with van der Waals surface area (Å²) in [5.74, 6) is -0.316. The van der Waals surface area contributed by atoms with Gasteiger partial charge in [0.05, 0.1) is 5.52 Å². The van der Waals surface area contributed by atoms with E-state index in [-0.39, 0.29) is 16.9 Å². The van der Waals surface area contributed by atoms with Crippen LogP contribution in [0.15, 0.2) is 59.5 Å². The minimum absolute atomic E-state index is 0.198. The molecule has 1 heterocycles. The first-order valence-corrected chi connectivity index (χ1v) is 9.38. The van der Waals surface area contributed by atoms with E-state index in [4.69, 9.17) is 0 Å². The van der Waals surface area contributed by atoms with Crippen molar-refractivity contribution < 1.29 is 4.79 Å². The molecule has 0 aliphatic heterocycles. The number of rotatable bonds is 4. The number of carbonyl (C=O) groups excluding carboxylic acids is 1. The number of carbonyl (C=O) groups is 1. The molecule has 4 nitrogen and oxygen atoms in total. The molecule has 0 unspecified atom stereocenters. The second-order valence-electron chi connectivity index (χ2n) is 6.34. The van der Waals surface area contributed by atoms with Gasteiger partial charge >= 0.3 is 0 Å². The zero-order chi connectivity index (χ0) is 17.4. The quantitative estimate of drug-likeness (QED) is 0.622. The molecule has 1 saturated carbocycles. The highest BCUT2D eigenvalue weighted by Crippen LogP contribution is 2.37. The molecule has 1 aliphatic carbocycles. The molecule has 2 aromatic carbocycles. The molecule has 1 aromatic heterocycles. The SMILES string of the molecule is O=C(NCc1ccccc1)c1cn(C2CC2)c2ccc(I)cc2c1=O. The molecule has 5 heteroatoms. The van der Waals surface area contributed by atoms with Gasteiger partial charge in [0.1, 0.15) is 5.56 Å². The number of hydrogen-bond acceptors (Lipinski definition) is 2. The average Bonchev–Trinajstić information content (AvgIpc) is 3.46. The number of hydrogen-bond donors (Lipinski definition) is 1. The Morgan fingerprint density at radius 2 is 1.92 bits per heavy atom. The Bertz CT molecular complexity index is 1010. The number of nitrogens with zero attached hydrogens (tertiary/aromatic N) is 1. The van der Waals surface area contributed by atoms with E-state index in [1.807, 2.05) is 48.5 Å². The lowest BCUT2D eigenvalue weighted by atomic mass is 10.1. The Hall–Kier alpha value is -2.15. The van der Waals surface area contributed by atoms with Crippen molar-refractivity contribution >= 4 is 39.4 Å². The molecule has 3 aromatic rings. The summed E-state index contributed by atoms with van der Waals surface area (Å²) < 4.78 is 3.08. The van der Waals surface area contributed by atoms with Gasteiger partial charge in [-0.25, -0.2) is 0 Å². The van der Waals surface area contributed by atoms with Crippen LogP contribution in [0.4, 0.5) is 0 Å². The van der Waals surface area contributed by atoms with Crippen molar-refractivity contribution in [2.24, 2.45) is 0 Å². The number of pyridine rings is 1. The van der Waals surface area contributed by atoms with Crippen molar-refractivity contribution in [3.05, 3.63) is 79.6 Å². The van der Waals surface area contributed by atoms with Gasteiger partial charge in [-0.1, -0.05) is 30.3 Å². The Kier molecular flexibility index (Phi) is 4.33. The van der Waals surface area contributed by atoms with Crippen LogP contribution < -0.4 is 10.7 Å². The summed E-state index contributed by atoms with van der Waals surface area (Å²) in [7, 11) is 0. The second-order valence-corrected chi connectivity index (χ2v) is 7.59. The van der Waals surface area contributed by atoms with E-state index in [9.17, 15) is 9.59 Å². The van der Waals surface area contributed by atoms with Crippen molar-refractivity contribution in [3.63, 3.8) is 0 Å².